The van der Waals surface area contributed by atoms with E-state index in [9.17, 15) is 4.79 Å². The highest BCUT2D eigenvalue weighted by atomic mass is 32.2. The van der Waals surface area contributed by atoms with Gasteiger partial charge >= 0.3 is 5.97 Å². The summed E-state index contributed by atoms with van der Waals surface area (Å²) in [4.78, 5) is 11.5. The Kier molecular flexibility index (Phi) is 3.02. The van der Waals surface area contributed by atoms with E-state index in [1.807, 2.05) is 11.8 Å². The van der Waals surface area contributed by atoms with Gasteiger partial charge in [-0.05, 0) is 30.9 Å². The van der Waals surface area contributed by atoms with E-state index in [1.54, 1.807) is 0 Å². The molecule has 1 saturated heterocycles. The van der Waals surface area contributed by atoms with Gasteiger partial charge in [-0.15, -0.1) is 0 Å². The molecule has 0 radical (unpaired) electrons. The molecule has 2 nitrogen and oxygen atoms in total. The van der Waals surface area contributed by atoms with Crippen molar-refractivity contribution >= 4 is 17.7 Å². The molecule has 1 heterocycles. The normalized spacial score (nSPS) is 41.6. The maximum Gasteiger partial charge on any atom is 0.306 e. The number of ether oxygens (including phenoxy) is 1. The molecule has 1 aliphatic carbocycles. The monoisotopic (exact) mass is 242 g/mol. The molecule has 0 N–H and O–H groups in total. The summed E-state index contributed by atoms with van der Waals surface area (Å²) in [5.74, 6) is 1.56. The lowest BCUT2D eigenvalue weighted by Gasteiger charge is -2.49. The second-order valence-corrected chi connectivity index (χ2v) is 7.33. The van der Waals surface area contributed by atoms with Gasteiger partial charge < -0.3 is 4.74 Å². The van der Waals surface area contributed by atoms with Gasteiger partial charge in [0.2, 0.25) is 0 Å². The highest BCUT2D eigenvalue weighted by Crippen LogP contribution is 2.56. The molecule has 2 rings (SSSR count). The average Bonchev–Trinajstić information content (AvgIpc) is 2.48. The molecule has 3 heteroatoms. The third kappa shape index (κ3) is 1.77. The first-order valence-electron chi connectivity index (χ1n) is 6.23. The van der Waals surface area contributed by atoms with E-state index >= 15 is 0 Å². The summed E-state index contributed by atoms with van der Waals surface area (Å²) in [7, 11) is 0. The van der Waals surface area contributed by atoms with E-state index in [2.05, 4.69) is 27.7 Å². The van der Waals surface area contributed by atoms with E-state index in [4.69, 9.17) is 4.74 Å². The Morgan fingerprint density at radius 2 is 2.12 bits per heavy atom. The molecule has 0 amide bonds. The Labute approximate surface area is 103 Å². The Morgan fingerprint density at radius 3 is 2.75 bits per heavy atom. The van der Waals surface area contributed by atoms with Gasteiger partial charge in [0.1, 0.15) is 5.60 Å². The van der Waals surface area contributed by atoms with Crippen molar-refractivity contribution in [2.24, 2.45) is 11.3 Å². The topological polar surface area (TPSA) is 26.3 Å². The predicted molar refractivity (Wildman–Crippen MR) is 67.5 cm³/mol. The van der Waals surface area contributed by atoms with E-state index < -0.39 is 0 Å². The lowest BCUT2D eigenvalue weighted by molar-refractivity contribution is -0.151. The number of carbonyl (C=O) groups is 1. The van der Waals surface area contributed by atoms with E-state index in [-0.39, 0.29) is 17.0 Å². The van der Waals surface area contributed by atoms with Crippen LogP contribution in [0.5, 0.6) is 0 Å². The molecule has 0 bridgehead atoms. The number of hydrogen-bond acceptors (Lipinski definition) is 3. The zero-order valence-corrected chi connectivity index (χ0v) is 11.5. The van der Waals surface area contributed by atoms with Gasteiger partial charge in [-0.3, -0.25) is 4.79 Å². The molecule has 0 unspecified atom stereocenters. The van der Waals surface area contributed by atoms with Crippen LogP contribution >= 0.6 is 11.8 Å². The van der Waals surface area contributed by atoms with Crippen LogP contribution in [0.15, 0.2) is 0 Å². The fourth-order valence-corrected chi connectivity index (χ4v) is 4.82. The Hall–Kier alpha value is -0.180. The van der Waals surface area contributed by atoms with Crippen molar-refractivity contribution in [2.75, 3.05) is 5.75 Å². The van der Waals surface area contributed by atoms with Crippen LogP contribution < -0.4 is 0 Å². The number of thioether (sulfide) groups is 1. The number of carbonyl (C=O) groups excluding carboxylic acids is 1. The van der Waals surface area contributed by atoms with Crippen molar-refractivity contribution in [1.29, 1.82) is 0 Å². The number of rotatable bonds is 2. The largest absolute Gasteiger partial charge is 0.459 e. The SMILES string of the molecule is CCS[C@H]1CC[C@]2(C)OC(=O)C[C@H]2C1(C)C. The number of esters is 1. The van der Waals surface area contributed by atoms with Gasteiger partial charge in [0, 0.05) is 11.2 Å². The molecular formula is C13H22O2S. The van der Waals surface area contributed by atoms with Crippen molar-refractivity contribution in [3.63, 3.8) is 0 Å². The fraction of sp³-hybridized carbons (Fsp3) is 0.923. The zero-order valence-electron chi connectivity index (χ0n) is 10.7. The van der Waals surface area contributed by atoms with Gasteiger partial charge in [-0.2, -0.15) is 11.8 Å². The molecule has 1 saturated carbocycles. The molecular weight excluding hydrogens is 220 g/mol. The second kappa shape index (κ2) is 3.94. The first-order chi connectivity index (χ1) is 7.40. The molecule has 0 aromatic heterocycles. The molecule has 16 heavy (non-hydrogen) atoms. The molecule has 0 spiro atoms. The molecule has 1 aliphatic heterocycles. The summed E-state index contributed by atoms with van der Waals surface area (Å²) >= 11 is 2.04. The molecule has 2 fully saturated rings. The smallest absolute Gasteiger partial charge is 0.306 e. The minimum atomic E-state index is -0.189. The maximum atomic E-state index is 11.5. The van der Waals surface area contributed by atoms with Crippen LogP contribution in [0.25, 0.3) is 0 Å². The van der Waals surface area contributed by atoms with Crippen molar-refractivity contribution in [2.45, 2.75) is 57.8 Å². The summed E-state index contributed by atoms with van der Waals surface area (Å²) < 4.78 is 5.57. The lowest BCUT2D eigenvalue weighted by Crippen LogP contribution is -2.50. The molecule has 92 valence electrons. The van der Waals surface area contributed by atoms with Gasteiger partial charge in [0.05, 0.1) is 6.42 Å². The lowest BCUT2D eigenvalue weighted by atomic mass is 9.61. The summed E-state index contributed by atoms with van der Waals surface area (Å²) in [6.45, 7) is 8.96. The molecule has 2 aliphatic rings. The van der Waals surface area contributed by atoms with Crippen LogP contribution in [-0.2, 0) is 9.53 Å². The Balaban J connectivity index is 2.24. The number of hydrogen-bond donors (Lipinski definition) is 0. The fourth-order valence-electron chi connectivity index (χ4n) is 3.54. The van der Waals surface area contributed by atoms with Crippen molar-refractivity contribution in [3.8, 4) is 0 Å². The summed E-state index contributed by atoms with van der Waals surface area (Å²) in [6.07, 6.45) is 2.82. The van der Waals surface area contributed by atoms with Gasteiger partial charge in [0.15, 0.2) is 0 Å². The van der Waals surface area contributed by atoms with E-state index in [0.29, 0.717) is 17.6 Å². The first kappa shape index (κ1) is 12.3. The molecule has 3 atom stereocenters. The van der Waals surface area contributed by atoms with Crippen LogP contribution in [-0.4, -0.2) is 22.6 Å². The zero-order chi connectivity index (χ0) is 12.0. The second-order valence-electron chi connectivity index (χ2n) is 5.85. The summed E-state index contributed by atoms with van der Waals surface area (Å²) in [6, 6.07) is 0. The predicted octanol–water partition coefficient (Wildman–Crippen LogP) is 3.25. The highest BCUT2D eigenvalue weighted by molar-refractivity contribution is 7.99. The third-order valence-electron chi connectivity index (χ3n) is 4.45. The van der Waals surface area contributed by atoms with Gasteiger partial charge in [-0.1, -0.05) is 20.8 Å². The highest BCUT2D eigenvalue weighted by Gasteiger charge is 2.57. The quantitative estimate of drug-likeness (QED) is 0.695. The van der Waals surface area contributed by atoms with Gasteiger partial charge in [-0.25, -0.2) is 0 Å². The Morgan fingerprint density at radius 1 is 1.44 bits per heavy atom. The van der Waals surface area contributed by atoms with Crippen LogP contribution in [0.1, 0.15) is 47.0 Å². The van der Waals surface area contributed by atoms with Crippen molar-refractivity contribution in [3.05, 3.63) is 0 Å². The van der Waals surface area contributed by atoms with E-state index in [1.165, 1.54) is 6.42 Å². The maximum absolute atomic E-state index is 11.5. The van der Waals surface area contributed by atoms with Crippen LogP contribution in [0, 0.1) is 11.3 Å². The first-order valence-corrected chi connectivity index (χ1v) is 7.28. The average molecular weight is 242 g/mol. The Bertz CT molecular complexity index is 300. The van der Waals surface area contributed by atoms with Crippen molar-refractivity contribution < 1.29 is 9.53 Å². The van der Waals surface area contributed by atoms with Crippen molar-refractivity contribution in [1.82, 2.24) is 0 Å². The summed E-state index contributed by atoms with van der Waals surface area (Å²) in [5, 5.41) is 0.671. The number of fused-ring (bicyclic) bond motifs is 1. The minimum absolute atomic E-state index is 0.00252. The van der Waals surface area contributed by atoms with Crippen LogP contribution in [0.4, 0.5) is 0 Å². The molecule has 0 aromatic rings. The van der Waals surface area contributed by atoms with Crippen LogP contribution in [0.2, 0.25) is 0 Å². The van der Waals surface area contributed by atoms with Gasteiger partial charge in [0.25, 0.3) is 0 Å². The third-order valence-corrected chi connectivity index (χ3v) is 6.03. The van der Waals surface area contributed by atoms with Crippen LogP contribution in [0.3, 0.4) is 0 Å². The summed E-state index contributed by atoms with van der Waals surface area (Å²) in [5.41, 5.74) is 0.0191. The minimum Gasteiger partial charge on any atom is -0.459 e. The standard InChI is InChI=1S/C13H22O2S/c1-5-16-10-6-7-13(4)9(12(10,2)3)8-11(14)15-13/h9-10H,5-8H2,1-4H3/t9-,10-,13-/m0/s1. The molecule has 0 aromatic carbocycles. The van der Waals surface area contributed by atoms with E-state index in [0.717, 1.165) is 12.2 Å².